The summed E-state index contributed by atoms with van der Waals surface area (Å²) in [6.45, 7) is 0. The predicted octanol–water partition coefficient (Wildman–Crippen LogP) is 3.22. The average Bonchev–Trinajstić information content (AvgIpc) is 3.10. The van der Waals surface area contributed by atoms with Gasteiger partial charge in [0.25, 0.3) is 0 Å². The molecule has 0 aromatic carbocycles. The van der Waals surface area contributed by atoms with Gasteiger partial charge in [-0.25, -0.2) is 0 Å². The highest BCUT2D eigenvalue weighted by molar-refractivity contribution is 5.85. The van der Waals surface area contributed by atoms with Crippen LogP contribution in [0, 0.1) is 5.92 Å². The molecule has 2 atom stereocenters. The summed E-state index contributed by atoms with van der Waals surface area (Å²) < 4.78 is 5.49. The van der Waals surface area contributed by atoms with Crippen molar-refractivity contribution in [3.8, 4) is 0 Å². The van der Waals surface area contributed by atoms with E-state index >= 15 is 0 Å². The molecule has 20 heavy (non-hydrogen) atoms. The van der Waals surface area contributed by atoms with Crippen LogP contribution < -0.4 is 5.32 Å². The Morgan fingerprint density at radius 1 is 1.05 bits per heavy atom. The van der Waals surface area contributed by atoms with Crippen LogP contribution in [0.1, 0.15) is 69.0 Å². The van der Waals surface area contributed by atoms with E-state index in [1.807, 2.05) is 0 Å². The van der Waals surface area contributed by atoms with Crippen LogP contribution in [0.5, 0.6) is 0 Å². The molecule has 3 fully saturated rings. The monoisotopic (exact) mass is 297 g/mol. The SMILES string of the molecule is C1CCC(c2noc(CC3CC4CCC(C3)N4)n2)C1.Cl. The first kappa shape index (κ1) is 14.3. The van der Waals surface area contributed by atoms with Crippen LogP contribution in [0.4, 0.5) is 0 Å². The summed E-state index contributed by atoms with van der Waals surface area (Å²) in [5.41, 5.74) is 0. The Labute approximate surface area is 126 Å². The molecule has 0 amide bonds. The largest absolute Gasteiger partial charge is 0.339 e. The average molecular weight is 298 g/mol. The molecule has 1 aromatic rings. The molecule has 0 radical (unpaired) electrons. The highest BCUT2D eigenvalue weighted by Gasteiger charge is 2.34. The summed E-state index contributed by atoms with van der Waals surface area (Å²) in [5, 5.41) is 7.91. The highest BCUT2D eigenvalue weighted by atomic mass is 35.5. The van der Waals surface area contributed by atoms with E-state index in [-0.39, 0.29) is 12.4 Å². The molecular formula is C15H24ClN3O. The molecule has 0 spiro atoms. The van der Waals surface area contributed by atoms with Crippen LogP contribution in [0.25, 0.3) is 0 Å². The van der Waals surface area contributed by atoms with Gasteiger partial charge < -0.3 is 9.84 Å². The number of nitrogens with zero attached hydrogens (tertiary/aromatic N) is 2. The van der Waals surface area contributed by atoms with Crippen molar-refractivity contribution in [3.05, 3.63) is 11.7 Å². The summed E-state index contributed by atoms with van der Waals surface area (Å²) in [5.74, 6) is 3.18. The van der Waals surface area contributed by atoms with Gasteiger partial charge >= 0.3 is 0 Å². The quantitative estimate of drug-likeness (QED) is 0.930. The Morgan fingerprint density at radius 3 is 2.45 bits per heavy atom. The number of piperidine rings is 1. The number of hydrogen-bond donors (Lipinski definition) is 1. The first-order valence-electron chi connectivity index (χ1n) is 7.95. The van der Waals surface area contributed by atoms with Gasteiger partial charge in [0.2, 0.25) is 5.89 Å². The minimum atomic E-state index is 0. The minimum absolute atomic E-state index is 0. The van der Waals surface area contributed by atoms with Crippen molar-refractivity contribution in [1.82, 2.24) is 15.5 Å². The molecule has 3 aliphatic rings. The van der Waals surface area contributed by atoms with Crippen molar-refractivity contribution in [2.75, 3.05) is 0 Å². The van der Waals surface area contributed by atoms with Crippen molar-refractivity contribution in [2.24, 2.45) is 5.92 Å². The van der Waals surface area contributed by atoms with Crippen molar-refractivity contribution in [1.29, 1.82) is 0 Å². The lowest BCUT2D eigenvalue weighted by Crippen LogP contribution is -2.38. The maximum Gasteiger partial charge on any atom is 0.226 e. The molecule has 2 bridgehead atoms. The van der Waals surface area contributed by atoms with Crippen LogP contribution in [0.2, 0.25) is 0 Å². The predicted molar refractivity (Wildman–Crippen MR) is 79.1 cm³/mol. The number of halogens is 1. The molecule has 3 heterocycles. The lowest BCUT2D eigenvalue weighted by atomic mass is 9.90. The fraction of sp³-hybridized carbons (Fsp3) is 0.867. The van der Waals surface area contributed by atoms with E-state index in [0.29, 0.717) is 5.92 Å². The van der Waals surface area contributed by atoms with E-state index in [1.54, 1.807) is 0 Å². The normalized spacial score (nSPS) is 33.3. The van der Waals surface area contributed by atoms with Gasteiger partial charge in [-0.1, -0.05) is 18.0 Å². The third-order valence-corrected chi connectivity index (χ3v) is 5.24. The molecule has 1 N–H and O–H groups in total. The Bertz CT molecular complexity index is 432. The van der Waals surface area contributed by atoms with E-state index in [9.17, 15) is 0 Å². The van der Waals surface area contributed by atoms with Gasteiger partial charge in [0.05, 0.1) is 0 Å². The lowest BCUT2D eigenvalue weighted by Gasteiger charge is -2.28. The number of rotatable bonds is 3. The standard InChI is InChI=1S/C15H23N3O.ClH/c1-2-4-11(3-1)15-17-14(19-18-15)9-10-7-12-5-6-13(8-10)16-12;/h10-13,16H,1-9H2;1H. The van der Waals surface area contributed by atoms with Crippen molar-refractivity contribution in [2.45, 2.75) is 75.8 Å². The molecule has 2 saturated heterocycles. The number of fused-ring (bicyclic) bond motifs is 2. The Hall–Kier alpha value is -0.610. The van der Waals surface area contributed by atoms with Gasteiger partial charge in [-0.3, -0.25) is 0 Å². The second-order valence-electron chi connectivity index (χ2n) is 6.71. The number of nitrogens with one attached hydrogen (secondary N) is 1. The summed E-state index contributed by atoms with van der Waals surface area (Å²) in [7, 11) is 0. The van der Waals surface area contributed by atoms with Crippen molar-refractivity contribution >= 4 is 12.4 Å². The van der Waals surface area contributed by atoms with Crippen molar-refractivity contribution < 1.29 is 4.52 Å². The molecule has 1 saturated carbocycles. The first-order valence-corrected chi connectivity index (χ1v) is 7.95. The molecule has 5 heteroatoms. The molecule has 2 aliphatic heterocycles. The Balaban J connectivity index is 0.00000121. The van der Waals surface area contributed by atoms with Crippen molar-refractivity contribution in [3.63, 3.8) is 0 Å². The van der Waals surface area contributed by atoms with Gasteiger partial charge in [-0.15, -0.1) is 12.4 Å². The summed E-state index contributed by atoms with van der Waals surface area (Å²) in [6, 6.07) is 1.50. The van der Waals surface area contributed by atoms with Crippen LogP contribution >= 0.6 is 12.4 Å². The second kappa shape index (κ2) is 6.02. The maximum absolute atomic E-state index is 5.49. The molecule has 4 nitrogen and oxygen atoms in total. The molecular weight excluding hydrogens is 274 g/mol. The number of aromatic nitrogens is 2. The smallest absolute Gasteiger partial charge is 0.226 e. The van der Waals surface area contributed by atoms with Gasteiger partial charge in [-0.2, -0.15) is 4.98 Å². The summed E-state index contributed by atoms with van der Waals surface area (Å²) >= 11 is 0. The maximum atomic E-state index is 5.49. The van der Waals surface area contributed by atoms with E-state index in [4.69, 9.17) is 4.52 Å². The minimum Gasteiger partial charge on any atom is -0.339 e. The first-order chi connectivity index (χ1) is 9.37. The zero-order valence-electron chi connectivity index (χ0n) is 11.9. The third kappa shape index (κ3) is 2.86. The molecule has 112 valence electrons. The topological polar surface area (TPSA) is 51.0 Å². The van der Waals surface area contributed by atoms with E-state index < -0.39 is 0 Å². The van der Waals surface area contributed by atoms with Crippen LogP contribution in [0.3, 0.4) is 0 Å². The summed E-state index contributed by atoms with van der Waals surface area (Å²) in [4.78, 5) is 4.66. The van der Waals surface area contributed by atoms with Gasteiger partial charge in [-0.05, 0) is 44.4 Å². The van der Waals surface area contributed by atoms with E-state index in [0.717, 1.165) is 36.1 Å². The summed E-state index contributed by atoms with van der Waals surface area (Å²) in [6.07, 6.45) is 11.4. The van der Waals surface area contributed by atoms with E-state index in [2.05, 4.69) is 15.5 Å². The Morgan fingerprint density at radius 2 is 1.75 bits per heavy atom. The van der Waals surface area contributed by atoms with Crippen LogP contribution in [-0.2, 0) is 6.42 Å². The molecule has 2 unspecified atom stereocenters. The van der Waals surface area contributed by atoms with Gasteiger partial charge in [0.15, 0.2) is 5.82 Å². The fourth-order valence-electron chi connectivity index (χ4n) is 4.29. The highest BCUT2D eigenvalue weighted by Crippen LogP contribution is 2.34. The van der Waals surface area contributed by atoms with E-state index in [1.165, 1.54) is 51.4 Å². The lowest BCUT2D eigenvalue weighted by molar-refractivity contribution is 0.270. The Kier molecular flexibility index (Phi) is 4.32. The van der Waals surface area contributed by atoms with Gasteiger partial charge in [0, 0.05) is 24.4 Å². The zero-order chi connectivity index (χ0) is 12.7. The zero-order valence-corrected chi connectivity index (χ0v) is 12.7. The van der Waals surface area contributed by atoms with Crippen LogP contribution in [-0.4, -0.2) is 22.2 Å². The number of hydrogen-bond acceptors (Lipinski definition) is 4. The molecule has 1 aliphatic carbocycles. The fourth-order valence-corrected chi connectivity index (χ4v) is 4.29. The third-order valence-electron chi connectivity index (χ3n) is 5.24. The van der Waals surface area contributed by atoms with Crippen LogP contribution in [0.15, 0.2) is 4.52 Å². The van der Waals surface area contributed by atoms with Gasteiger partial charge in [0.1, 0.15) is 0 Å². The molecule has 1 aromatic heterocycles. The second-order valence-corrected chi connectivity index (χ2v) is 6.71. The molecule has 4 rings (SSSR count).